The number of nitrogens with one attached hydrogen (secondary N) is 1. The summed E-state index contributed by atoms with van der Waals surface area (Å²) in [6.07, 6.45) is 7.27. The molecule has 0 aliphatic heterocycles. The minimum absolute atomic E-state index is 0.0247. The SMILES string of the molecule is COc1cc(CNC(=O)CCCC/C=C/C(C)C)ccc1OC(=O)N(CCN)C(C)C. The Morgan fingerprint density at radius 2 is 1.90 bits per heavy atom. The van der Waals surface area contributed by atoms with E-state index in [0.29, 0.717) is 43.5 Å². The molecule has 0 aliphatic rings. The number of benzene rings is 1. The molecule has 0 aromatic heterocycles. The van der Waals surface area contributed by atoms with Gasteiger partial charge in [-0.1, -0.05) is 32.1 Å². The van der Waals surface area contributed by atoms with E-state index in [0.717, 1.165) is 24.8 Å². The molecule has 2 amide bonds. The van der Waals surface area contributed by atoms with E-state index in [1.807, 2.05) is 19.9 Å². The van der Waals surface area contributed by atoms with Crippen LogP contribution in [0.1, 0.15) is 58.9 Å². The molecule has 0 heterocycles. The fourth-order valence-corrected chi connectivity index (χ4v) is 2.96. The number of carbonyl (C=O) groups is 2. The first-order valence-corrected chi connectivity index (χ1v) is 11.1. The first kappa shape index (κ1) is 26.5. The van der Waals surface area contributed by atoms with Crippen molar-refractivity contribution in [3.8, 4) is 11.5 Å². The summed E-state index contributed by atoms with van der Waals surface area (Å²) < 4.78 is 10.9. The van der Waals surface area contributed by atoms with Gasteiger partial charge in [-0.05, 0) is 56.7 Å². The molecule has 1 rings (SSSR count). The number of hydrogen-bond donors (Lipinski definition) is 2. The molecule has 174 valence electrons. The number of amides is 2. The van der Waals surface area contributed by atoms with Crippen LogP contribution < -0.4 is 20.5 Å². The lowest BCUT2D eigenvalue weighted by Crippen LogP contribution is -2.42. The van der Waals surface area contributed by atoms with E-state index < -0.39 is 6.09 Å². The van der Waals surface area contributed by atoms with E-state index in [1.54, 1.807) is 17.0 Å². The van der Waals surface area contributed by atoms with Crippen molar-refractivity contribution in [2.24, 2.45) is 11.7 Å². The quantitative estimate of drug-likeness (QED) is 0.358. The second-order valence-electron chi connectivity index (χ2n) is 8.12. The smallest absolute Gasteiger partial charge is 0.415 e. The Labute approximate surface area is 187 Å². The van der Waals surface area contributed by atoms with Crippen LogP contribution in [0.3, 0.4) is 0 Å². The number of nitrogens with zero attached hydrogens (tertiary/aromatic N) is 1. The Balaban J connectivity index is 2.55. The third-order valence-corrected chi connectivity index (χ3v) is 4.69. The summed E-state index contributed by atoms with van der Waals surface area (Å²) in [4.78, 5) is 26.1. The van der Waals surface area contributed by atoms with Gasteiger partial charge in [-0.3, -0.25) is 4.79 Å². The van der Waals surface area contributed by atoms with Gasteiger partial charge >= 0.3 is 6.09 Å². The molecule has 0 atom stereocenters. The molecule has 0 unspecified atom stereocenters. The van der Waals surface area contributed by atoms with Gasteiger partial charge in [0.2, 0.25) is 5.91 Å². The second-order valence-corrected chi connectivity index (χ2v) is 8.12. The third kappa shape index (κ3) is 10.4. The van der Waals surface area contributed by atoms with Crippen molar-refractivity contribution in [1.82, 2.24) is 10.2 Å². The summed E-state index contributed by atoms with van der Waals surface area (Å²) >= 11 is 0. The maximum Gasteiger partial charge on any atom is 0.415 e. The number of ether oxygens (including phenoxy) is 2. The van der Waals surface area contributed by atoms with Crippen LogP contribution in [0.15, 0.2) is 30.4 Å². The zero-order chi connectivity index (χ0) is 23.2. The summed E-state index contributed by atoms with van der Waals surface area (Å²) in [7, 11) is 1.52. The van der Waals surface area contributed by atoms with E-state index in [-0.39, 0.29) is 11.9 Å². The molecule has 0 saturated carbocycles. The molecule has 1 aromatic rings. The van der Waals surface area contributed by atoms with Crippen LogP contribution >= 0.6 is 0 Å². The van der Waals surface area contributed by atoms with Crippen molar-refractivity contribution >= 4 is 12.0 Å². The van der Waals surface area contributed by atoms with Crippen molar-refractivity contribution in [3.63, 3.8) is 0 Å². The van der Waals surface area contributed by atoms with Gasteiger partial charge in [0.25, 0.3) is 0 Å². The largest absolute Gasteiger partial charge is 0.493 e. The Morgan fingerprint density at radius 3 is 2.52 bits per heavy atom. The summed E-state index contributed by atoms with van der Waals surface area (Å²) in [6.45, 7) is 9.27. The Hall–Kier alpha value is -2.54. The van der Waals surface area contributed by atoms with E-state index in [2.05, 4.69) is 31.3 Å². The van der Waals surface area contributed by atoms with Crippen molar-refractivity contribution in [2.75, 3.05) is 20.2 Å². The van der Waals surface area contributed by atoms with E-state index in [4.69, 9.17) is 15.2 Å². The summed E-state index contributed by atoms with van der Waals surface area (Å²) in [5.74, 6) is 1.36. The lowest BCUT2D eigenvalue weighted by atomic mass is 10.1. The number of nitrogens with two attached hydrogens (primary N) is 1. The van der Waals surface area contributed by atoms with Gasteiger partial charge < -0.3 is 25.4 Å². The van der Waals surface area contributed by atoms with Crippen LogP contribution in [0, 0.1) is 5.92 Å². The minimum atomic E-state index is -0.469. The average Bonchev–Trinajstić information content (AvgIpc) is 2.73. The minimum Gasteiger partial charge on any atom is -0.493 e. The fourth-order valence-electron chi connectivity index (χ4n) is 2.96. The van der Waals surface area contributed by atoms with Gasteiger partial charge in [0, 0.05) is 32.1 Å². The summed E-state index contributed by atoms with van der Waals surface area (Å²) in [6, 6.07) is 5.23. The number of hydrogen-bond acceptors (Lipinski definition) is 5. The first-order valence-electron chi connectivity index (χ1n) is 11.1. The van der Waals surface area contributed by atoms with Gasteiger partial charge in [0.1, 0.15) is 0 Å². The van der Waals surface area contributed by atoms with Crippen LogP contribution in [0.5, 0.6) is 11.5 Å². The Bertz CT molecular complexity index is 717. The van der Waals surface area contributed by atoms with Crippen LogP contribution in [0.25, 0.3) is 0 Å². The molecule has 0 spiro atoms. The fraction of sp³-hybridized carbons (Fsp3) is 0.583. The molecule has 31 heavy (non-hydrogen) atoms. The number of rotatable bonds is 13. The predicted octanol–water partition coefficient (Wildman–Crippen LogP) is 4.25. The lowest BCUT2D eigenvalue weighted by Gasteiger charge is -2.25. The zero-order valence-corrected chi connectivity index (χ0v) is 19.6. The van der Waals surface area contributed by atoms with Gasteiger partial charge in [0.15, 0.2) is 11.5 Å². The molecule has 0 saturated heterocycles. The number of methoxy groups -OCH3 is 1. The van der Waals surface area contributed by atoms with Crippen LogP contribution in [0.4, 0.5) is 4.79 Å². The predicted molar refractivity (Wildman–Crippen MR) is 124 cm³/mol. The highest BCUT2D eigenvalue weighted by molar-refractivity contribution is 5.76. The van der Waals surface area contributed by atoms with Crippen LogP contribution in [0.2, 0.25) is 0 Å². The van der Waals surface area contributed by atoms with Crippen molar-refractivity contribution in [2.45, 2.75) is 66.0 Å². The van der Waals surface area contributed by atoms with E-state index in [9.17, 15) is 9.59 Å². The molecule has 0 aliphatic carbocycles. The van der Waals surface area contributed by atoms with Gasteiger partial charge in [0.05, 0.1) is 7.11 Å². The molecular weight excluding hydrogens is 394 g/mol. The van der Waals surface area contributed by atoms with Crippen LogP contribution in [-0.4, -0.2) is 43.1 Å². The lowest BCUT2D eigenvalue weighted by molar-refractivity contribution is -0.121. The standard InChI is InChI=1S/C24H39N3O4/c1-18(2)10-8-6-7-9-11-23(28)26-17-20-12-13-21(22(16-20)30-5)31-24(29)27(15-14-25)19(3)4/h8,10,12-13,16,18-19H,6-7,9,11,14-15,17,25H2,1-5H3,(H,26,28)/b10-8+. The monoisotopic (exact) mass is 433 g/mol. The molecule has 0 radical (unpaired) electrons. The van der Waals surface area contributed by atoms with Gasteiger partial charge in [-0.15, -0.1) is 0 Å². The Morgan fingerprint density at radius 1 is 1.16 bits per heavy atom. The summed E-state index contributed by atoms with van der Waals surface area (Å²) in [5.41, 5.74) is 6.45. The molecule has 0 fully saturated rings. The molecular formula is C24H39N3O4. The first-order chi connectivity index (χ1) is 14.8. The normalized spacial score (nSPS) is 11.2. The molecule has 0 bridgehead atoms. The van der Waals surface area contributed by atoms with Crippen molar-refractivity contribution in [1.29, 1.82) is 0 Å². The maximum atomic E-state index is 12.4. The maximum absolute atomic E-state index is 12.4. The highest BCUT2D eigenvalue weighted by Gasteiger charge is 2.20. The number of allylic oxidation sites excluding steroid dienone is 2. The molecule has 3 N–H and O–H groups in total. The van der Waals surface area contributed by atoms with E-state index >= 15 is 0 Å². The van der Waals surface area contributed by atoms with E-state index in [1.165, 1.54) is 7.11 Å². The average molecular weight is 434 g/mol. The van der Waals surface area contributed by atoms with Gasteiger partial charge in [-0.25, -0.2) is 4.79 Å². The number of unbranched alkanes of at least 4 members (excludes halogenated alkanes) is 2. The molecule has 1 aromatic carbocycles. The number of carbonyl (C=O) groups excluding carboxylic acids is 2. The molecule has 7 heteroatoms. The second kappa shape index (κ2) is 14.5. The van der Waals surface area contributed by atoms with Gasteiger partial charge in [-0.2, -0.15) is 0 Å². The molecule has 7 nitrogen and oxygen atoms in total. The Kier molecular flexibility index (Phi) is 12.4. The summed E-state index contributed by atoms with van der Waals surface area (Å²) in [5, 5.41) is 2.93. The van der Waals surface area contributed by atoms with Crippen molar-refractivity contribution < 1.29 is 19.1 Å². The topological polar surface area (TPSA) is 93.9 Å². The third-order valence-electron chi connectivity index (χ3n) is 4.69. The highest BCUT2D eigenvalue weighted by atomic mass is 16.6. The van der Waals surface area contributed by atoms with Crippen molar-refractivity contribution in [3.05, 3.63) is 35.9 Å². The zero-order valence-electron chi connectivity index (χ0n) is 19.6. The van der Waals surface area contributed by atoms with Crippen LogP contribution in [-0.2, 0) is 11.3 Å². The highest BCUT2D eigenvalue weighted by Crippen LogP contribution is 2.28.